The molecule has 7 N–H and O–H groups in total. The molecule has 0 radical (unpaired) electrons. The van der Waals surface area contributed by atoms with E-state index in [-0.39, 0.29) is 28.0 Å². The highest BCUT2D eigenvalue weighted by atomic mass is 16.7. The van der Waals surface area contributed by atoms with E-state index in [1.165, 1.54) is 13.0 Å². The van der Waals surface area contributed by atoms with Crippen LogP contribution in [0.15, 0.2) is 39.5 Å². The number of hydrogen-bond donors (Lipinski definition) is 7. The van der Waals surface area contributed by atoms with Gasteiger partial charge in [-0.25, -0.2) is 0 Å². The quantitative estimate of drug-likeness (QED) is 0.276. The molecular weight excluding hydrogens is 428 g/mol. The molecule has 11 heteroatoms. The number of ether oxygens (including phenoxy) is 2. The van der Waals surface area contributed by atoms with E-state index in [1.54, 1.807) is 0 Å². The maximum absolute atomic E-state index is 13.2. The number of aromatic hydroxyl groups is 4. The lowest BCUT2D eigenvalue weighted by atomic mass is 10.00. The molecule has 1 fully saturated rings. The molecule has 170 valence electrons. The van der Waals surface area contributed by atoms with E-state index in [2.05, 4.69) is 0 Å². The number of hydrogen-bond acceptors (Lipinski definition) is 11. The van der Waals surface area contributed by atoms with E-state index in [0.29, 0.717) is 0 Å². The lowest BCUT2D eigenvalue weighted by molar-refractivity contribution is -0.268. The Labute approximate surface area is 179 Å². The molecule has 0 aliphatic carbocycles. The lowest BCUT2D eigenvalue weighted by Crippen LogP contribution is -2.58. The van der Waals surface area contributed by atoms with Crippen molar-refractivity contribution in [3.8, 4) is 40.1 Å². The zero-order valence-corrected chi connectivity index (χ0v) is 16.5. The Hall–Kier alpha value is -3.51. The van der Waals surface area contributed by atoms with Gasteiger partial charge in [0.05, 0.1) is 6.10 Å². The summed E-state index contributed by atoms with van der Waals surface area (Å²) in [6.07, 6.45) is -7.35. The van der Waals surface area contributed by atoms with Crippen LogP contribution in [0, 0.1) is 0 Å². The molecule has 3 aromatic rings. The number of rotatable bonds is 3. The van der Waals surface area contributed by atoms with Crippen LogP contribution in [0.1, 0.15) is 6.92 Å². The van der Waals surface area contributed by atoms with Crippen LogP contribution in [0.3, 0.4) is 0 Å². The molecule has 1 aliphatic heterocycles. The molecule has 0 bridgehead atoms. The second kappa shape index (κ2) is 7.88. The van der Waals surface area contributed by atoms with Gasteiger partial charge < -0.3 is 49.6 Å². The van der Waals surface area contributed by atoms with Gasteiger partial charge >= 0.3 is 0 Å². The van der Waals surface area contributed by atoms with Gasteiger partial charge in [-0.1, -0.05) is 0 Å². The van der Waals surface area contributed by atoms with Crippen LogP contribution in [-0.2, 0) is 4.74 Å². The zero-order valence-electron chi connectivity index (χ0n) is 16.5. The van der Waals surface area contributed by atoms with Crippen molar-refractivity contribution < 1.29 is 49.6 Å². The Morgan fingerprint density at radius 3 is 2.28 bits per heavy atom. The number of phenolic OH excluding ortho intramolecular Hbond substituents is 4. The second-order valence-corrected chi connectivity index (χ2v) is 7.43. The maximum Gasteiger partial charge on any atom is 0.239 e. The van der Waals surface area contributed by atoms with Gasteiger partial charge in [-0.2, -0.15) is 0 Å². The fourth-order valence-electron chi connectivity index (χ4n) is 3.46. The molecule has 0 saturated carbocycles. The number of benzene rings is 2. The molecule has 11 nitrogen and oxygen atoms in total. The Balaban J connectivity index is 1.92. The fourth-order valence-corrected chi connectivity index (χ4v) is 3.46. The molecule has 0 unspecified atom stereocenters. The number of fused-ring (bicyclic) bond motifs is 1. The van der Waals surface area contributed by atoms with Gasteiger partial charge in [0.25, 0.3) is 0 Å². The second-order valence-electron chi connectivity index (χ2n) is 7.43. The summed E-state index contributed by atoms with van der Waals surface area (Å²) in [5.41, 5.74) is -1.05. The van der Waals surface area contributed by atoms with E-state index in [4.69, 9.17) is 13.9 Å². The average molecular weight is 448 g/mol. The molecule has 32 heavy (non-hydrogen) atoms. The topological polar surface area (TPSA) is 190 Å². The smallest absolute Gasteiger partial charge is 0.239 e. The van der Waals surface area contributed by atoms with Crippen molar-refractivity contribution in [3.63, 3.8) is 0 Å². The maximum atomic E-state index is 13.2. The fraction of sp³-hybridized carbons (Fsp3) is 0.286. The predicted molar refractivity (Wildman–Crippen MR) is 108 cm³/mol. The molecule has 5 atom stereocenters. The average Bonchev–Trinajstić information content (AvgIpc) is 2.73. The van der Waals surface area contributed by atoms with Gasteiger partial charge in [0.1, 0.15) is 40.8 Å². The van der Waals surface area contributed by atoms with Gasteiger partial charge in [-0.3, -0.25) is 4.79 Å². The predicted octanol–water partition coefficient (Wildman–Crippen LogP) is 0.489. The lowest BCUT2D eigenvalue weighted by Gasteiger charge is -2.38. The van der Waals surface area contributed by atoms with Crippen LogP contribution in [0.2, 0.25) is 0 Å². The van der Waals surface area contributed by atoms with Crippen LogP contribution in [0.25, 0.3) is 22.3 Å². The van der Waals surface area contributed by atoms with Crippen molar-refractivity contribution in [1.29, 1.82) is 0 Å². The van der Waals surface area contributed by atoms with E-state index in [1.807, 2.05) is 0 Å². The molecule has 2 aromatic carbocycles. The number of aliphatic hydroxyl groups excluding tert-OH is 3. The molecular formula is C21H20O11. The van der Waals surface area contributed by atoms with Gasteiger partial charge in [0.2, 0.25) is 17.5 Å². The summed E-state index contributed by atoms with van der Waals surface area (Å²) < 4.78 is 16.6. The summed E-state index contributed by atoms with van der Waals surface area (Å²) in [5.74, 6) is -2.80. The highest BCUT2D eigenvalue weighted by Crippen LogP contribution is 2.39. The molecule has 4 rings (SSSR count). The highest BCUT2D eigenvalue weighted by molar-refractivity contribution is 5.88. The van der Waals surface area contributed by atoms with Crippen molar-refractivity contribution in [3.05, 3.63) is 40.6 Å². The van der Waals surface area contributed by atoms with Crippen LogP contribution < -0.4 is 10.2 Å². The minimum absolute atomic E-state index is 0.0658. The molecule has 0 amide bonds. The first-order valence-corrected chi connectivity index (χ1v) is 9.50. The van der Waals surface area contributed by atoms with Gasteiger partial charge in [0.15, 0.2) is 17.3 Å². The van der Waals surface area contributed by atoms with E-state index >= 15 is 0 Å². The molecule has 1 saturated heterocycles. The Bertz CT molecular complexity index is 1230. The van der Waals surface area contributed by atoms with E-state index in [0.717, 1.165) is 24.3 Å². The Kier molecular flexibility index (Phi) is 5.34. The molecule has 1 aromatic heterocycles. The molecule has 2 heterocycles. The summed E-state index contributed by atoms with van der Waals surface area (Å²) in [6, 6.07) is 5.51. The first kappa shape index (κ1) is 21.7. The van der Waals surface area contributed by atoms with Gasteiger partial charge in [-0.05, 0) is 25.1 Å². The zero-order chi connectivity index (χ0) is 23.3. The first-order valence-electron chi connectivity index (χ1n) is 9.50. The third-order valence-electron chi connectivity index (χ3n) is 5.20. The van der Waals surface area contributed by atoms with Crippen molar-refractivity contribution >= 4 is 11.0 Å². The number of phenols is 4. The Morgan fingerprint density at radius 2 is 1.59 bits per heavy atom. The third-order valence-corrected chi connectivity index (χ3v) is 5.20. The standard InChI is InChI=1S/C21H20O11/c1-7-15(26)17(28)18(29)21(30-7)32-20-16(27)14-12(25)5-9(22)6-13(14)31-19(20)8-2-3-10(23)11(24)4-8/h2-7,15,17-18,21-26,28-29H,1H3/t7-,15-,17+,18-,21+/m0/s1. The van der Waals surface area contributed by atoms with Crippen LogP contribution in [0.4, 0.5) is 0 Å². The van der Waals surface area contributed by atoms with Crippen LogP contribution in [-0.4, -0.2) is 66.5 Å². The van der Waals surface area contributed by atoms with Crippen molar-refractivity contribution in [2.75, 3.05) is 0 Å². The van der Waals surface area contributed by atoms with Crippen LogP contribution in [0.5, 0.6) is 28.7 Å². The van der Waals surface area contributed by atoms with Gasteiger partial charge in [-0.15, -0.1) is 0 Å². The number of aliphatic hydroxyl groups is 3. The minimum Gasteiger partial charge on any atom is -0.508 e. The largest absolute Gasteiger partial charge is 0.508 e. The highest BCUT2D eigenvalue weighted by Gasteiger charge is 2.44. The summed E-state index contributed by atoms with van der Waals surface area (Å²) >= 11 is 0. The third kappa shape index (κ3) is 3.56. The molecule has 0 spiro atoms. The first-order chi connectivity index (χ1) is 15.1. The summed E-state index contributed by atoms with van der Waals surface area (Å²) in [7, 11) is 0. The van der Waals surface area contributed by atoms with Crippen molar-refractivity contribution in [1.82, 2.24) is 0 Å². The normalized spacial score (nSPS) is 25.7. The van der Waals surface area contributed by atoms with Crippen molar-refractivity contribution in [2.45, 2.75) is 37.6 Å². The van der Waals surface area contributed by atoms with Crippen molar-refractivity contribution in [2.24, 2.45) is 0 Å². The minimum atomic E-state index is -1.74. The molecule has 1 aliphatic rings. The monoisotopic (exact) mass is 448 g/mol. The van der Waals surface area contributed by atoms with Crippen LogP contribution >= 0.6 is 0 Å². The summed E-state index contributed by atoms with van der Waals surface area (Å²) in [4.78, 5) is 13.2. The van der Waals surface area contributed by atoms with E-state index < -0.39 is 59.1 Å². The Morgan fingerprint density at radius 1 is 0.875 bits per heavy atom. The SMILES string of the molecule is C[C@@H]1O[C@H](Oc2c(-c3ccc(O)c(O)c3)oc3cc(O)cc(O)c3c2=O)[C@@H](O)[C@H](O)[C@H]1O. The van der Waals surface area contributed by atoms with E-state index in [9.17, 15) is 40.5 Å². The summed E-state index contributed by atoms with van der Waals surface area (Å²) in [6.45, 7) is 1.42. The summed E-state index contributed by atoms with van der Waals surface area (Å²) in [5, 5.41) is 69.2. The van der Waals surface area contributed by atoms with Gasteiger partial charge in [0, 0.05) is 17.7 Å².